The third-order valence-electron chi connectivity index (χ3n) is 0.968. The van der Waals surface area contributed by atoms with Crippen molar-refractivity contribution >= 4 is 11.7 Å². The number of hydrogen-bond donors (Lipinski definition) is 0. The summed E-state index contributed by atoms with van der Waals surface area (Å²) in [6, 6.07) is 0. The molecule has 1 aromatic rings. The lowest BCUT2D eigenvalue weighted by Gasteiger charge is -1.89. The second-order valence-electron chi connectivity index (χ2n) is 1.56. The summed E-state index contributed by atoms with van der Waals surface area (Å²) in [6.45, 7) is 3.57. The maximum absolute atomic E-state index is 10.1. The van der Waals surface area contributed by atoms with Crippen LogP contribution in [0.5, 0.6) is 0 Å². The van der Waals surface area contributed by atoms with Gasteiger partial charge < -0.3 is 0 Å². The molecule has 1 rings (SSSR count). The van der Waals surface area contributed by atoms with E-state index in [1.165, 1.54) is 0 Å². The predicted octanol–water partition coefficient (Wildman–Crippen LogP) is 0.644. The molecule has 1 radical (unpaired) electrons. The van der Waals surface area contributed by atoms with Crippen LogP contribution in [0.3, 0.4) is 0 Å². The molecule has 47 valence electrons. The monoisotopic (exact) mass is 142 g/mol. The number of aromatic nitrogens is 2. The first-order chi connectivity index (χ1) is 4.34. The molecule has 0 saturated heterocycles. The van der Waals surface area contributed by atoms with Gasteiger partial charge in [0.05, 0.1) is 6.33 Å². The third-order valence-corrected chi connectivity index (χ3v) is 1.43. The lowest BCUT2D eigenvalue weighted by molar-refractivity contribution is 0.593. The minimum Gasteiger partial charge on any atom is -0.280 e. The molecule has 1 atom stereocenters. The van der Waals surface area contributed by atoms with Gasteiger partial charge in [0.25, 0.3) is 0 Å². The van der Waals surface area contributed by atoms with Crippen LogP contribution in [0.2, 0.25) is 0 Å². The first kappa shape index (κ1) is 6.35. The van der Waals surface area contributed by atoms with Crippen LogP contribution in [0.15, 0.2) is 18.7 Å². The molecule has 0 fully saturated rings. The molecule has 0 N–H and O–H groups in total. The van der Waals surface area contributed by atoms with Crippen molar-refractivity contribution in [1.82, 2.24) is 9.55 Å². The Morgan fingerprint density at radius 3 is 3.00 bits per heavy atom. The van der Waals surface area contributed by atoms with Gasteiger partial charge in [0, 0.05) is 23.5 Å². The van der Waals surface area contributed by atoms with Crippen molar-refractivity contribution in [3.8, 4) is 0 Å². The largest absolute Gasteiger partial charge is 0.486 e. The number of imidazole rings is 1. The summed E-state index contributed by atoms with van der Waals surface area (Å²) in [4.78, 5) is 3.76. The molecule has 3 nitrogen and oxygen atoms in total. The van der Waals surface area contributed by atoms with Crippen molar-refractivity contribution in [2.24, 2.45) is 0 Å². The first-order valence-electron chi connectivity index (χ1n) is 2.43. The van der Waals surface area contributed by atoms with Crippen LogP contribution in [-0.4, -0.2) is 9.55 Å². The van der Waals surface area contributed by atoms with E-state index < -0.39 is 0 Å². The summed E-state index contributed by atoms with van der Waals surface area (Å²) < 4.78 is 11.8. The van der Waals surface area contributed by atoms with Crippen molar-refractivity contribution < 1.29 is 4.21 Å². The fourth-order valence-corrected chi connectivity index (χ4v) is 0.714. The molecule has 0 aliphatic heterocycles. The molecular formula is C5H6N2OS+. The zero-order valence-corrected chi connectivity index (χ0v) is 5.54. The predicted molar refractivity (Wildman–Crippen MR) is 34.7 cm³/mol. The van der Waals surface area contributed by atoms with Crippen LogP contribution in [0.4, 0.5) is 0 Å². The van der Waals surface area contributed by atoms with Gasteiger partial charge in [-0.2, -0.15) is 0 Å². The molecule has 1 heterocycles. The zero-order valence-electron chi connectivity index (χ0n) is 4.73. The van der Waals surface area contributed by atoms with E-state index in [2.05, 4.69) is 11.9 Å². The Morgan fingerprint density at radius 1 is 1.78 bits per heavy atom. The molecule has 1 aromatic heterocycles. The van der Waals surface area contributed by atoms with Gasteiger partial charge in [-0.15, -0.1) is 0 Å². The van der Waals surface area contributed by atoms with E-state index in [1.807, 2.05) is 0 Å². The number of rotatable bonds is 2. The summed E-state index contributed by atoms with van der Waals surface area (Å²) in [5.41, 5.74) is 0. The van der Waals surface area contributed by atoms with Gasteiger partial charge in [-0.25, -0.2) is 4.98 Å². The van der Waals surface area contributed by atoms with Crippen LogP contribution in [0.25, 0.3) is 0 Å². The molecule has 0 saturated carbocycles. The lowest BCUT2D eigenvalue weighted by atomic mass is 10.7. The van der Waals surface area contributed by atoms with Crippen molar-refractivity contribution in [1.29, 1.82) is 0 Å². The summed E-state index contributed by atoms with van der Waals surface area (Å²) in [7, 11) is 0. The quantitative estimate of drug-likeness (QED) is 0.568. The summed E-state index contributed by atoms with van der Waals surface area (Å²) >= 11 is 0.444. The highest BCUT2D eigenvalue weighted by molar-refractivity contribution is 7.65. The van der Waals surface area contributed by atoms with E-state index in [1.54, 1.807) is 23.3 Å². The highest BCUT2D eigenvalue weighted by Crippen LogP contribution is 2.00. The van der Waals surface area contributed by atoms with Gasteiger partial charge in [0.1, 0.15) is 0 Å². The minimum atomic E-state index is -0.299. The highest BCUT2D eigenvalue weighted by Gasteiger charge is 2.14. The Kier molecular flexibility index (Phi) is 1.89. The average Bonchev–Trinajstić information content (AvgIpc) is 2.37. The average molecular weight is 142 g/mol. The topological polar surface area (TPSA) is 34.9 Å². The molecule has 0 amide bonds. The van der Waals surface area contributed by atoms with Gasteiger partial charge >= 0.3 is 17.0 Å². The van der Waals surface area contributed by atoms with Crippen molar-refractivity contribution in [2.45, 2.75) is 5.37 Å². The van der Waals surface area contributed by atoms with Crippen LogP contribution in [0, 0.1) is 6.92 Å². The standard InChI is InChI=1S/C5H6N2OS/c1-5(9-8)7-3-2-6-4-7/h2-5H,1H2/q+1. The Bertz CT molecular complexity index is 185. The highest BCUT2D eigenvalue weighted by atomic mass is 32.1. The molecule has 0 aliphatic rings. The number of hydrogen-bond acceptors (Lipinski definition) is 2. The van der Waals surface area contributed by atoms with E-state index in [4.69, 9.17) is 0 Å². The van der Waals surface area contributed by atoms with Crippen LogP contribution in [-0.2, 0) is 15.9 Å². The Hall–Kier alpha value is -0.770. The Balaban J connectivity index is 2.76. The van der Waals surface area contributed by atoms with E-state index in [-0.39, 0.29) is 5.37 Å². The van der Waals surface area contributed by atoms with Crippen LogP contribution < -0.4 is 0 Å². The van der Waals surface area contributed by atoms with Crippen molar-refractivity contribution in [2.75, 3.05) is 0 Å². The maximum atomic E-state index is 10.1. The van der Waals surface area contributed by atoms with Gasteiger partial charge in [0.15, 0.2) is 0 Å². The van der Waals surface area contributed by atoms with Crippen LogP contribution in [0.1, 0.15) is 5.37 Å². The second kappa shape index (κ2) is 2.68. The maximum Gasteiger partial charge on any atom is 0.486 e. The fraction of sp³-hybridized carbons (Fsp3) is 0.200. The van der Waals surface area contributed by atoms with Crippen molar-refractivity contribution in [3.05, 3.63) is 25.6 Å². The minimum absolute atomic E-state index is 0.299. The van der Waals surface area contributed by atoms with Gasteiger partial charge in [-0.1, -0.05) is 0 Å². The Morgan fingerprint density at radius 2 is 2.56 bits per heavy atom. The summed E-state index contributed by atoms with van der Waals surface area (Å²) in [5.74, 6) is 0. The first-order valence-corrected chi connectivity index (χ1v) is 3.24. The normalized spacial score (nSPS) is 13.0. The third kappa shape index (κ3) is 1.32. The SMILES string of the molecule is [CH2]C([S+]=O)n1ccnc1. The summed E-state index contributed by atoms with van der Waals surface area (Å²) in [5, 5.41) is -0.299. The molecule has 4 heteroatoms. The molecule has 0 aliphatic carbocycles. The van der Waals surface area contributed by atoms with E-state index in [0.29, 0.717) is 11.7 Å². The van der Waals surface area contributed by atoms with E-state index in [9.17, 15) is 4.21 Å². The molecular weight excluding hydrogens is 136 g/mol. The van der Waals surface area contributed by atoms with E-state index in [0.717, 1.165) is 0 Å². The lowest BCUT2D eigenvalue weighted by Crippen LogP contribution is -1.99. The Labute approximate surface area is 57.2 Å². The second-order valence-corrected chi connectivity index (χ2v) is 2.30. The van der Waals surface area contributed by atoms with Gasteiger partial charge in [0.2, 0.25) is 0 Å². The van der Waals surface area contributed by atoms with Gasteiger partial charge in [-0.05, 0) is 0 Å². The fourth-order valence-electron chi connectivity index (χ4n) is 0.489. The molecule has 1 unspecified atom stereocenters. The molecule has 9 heavy (non-hydrogen) atoms. The van der Waals surface area contributed by atoms with Gasteiger partial charge in [-0.3, -0.25) is 4.57 Å². The van der Waals surface area contributed by atoms with E-state index >= 15 is 0 Å². The molecule has 0 spiro atoms. The van der Waals surface area contributed by atoms with Crippen LogP contribution >= 0.6 is 0 Å². The number of nitrogens with zero attached hydrogens (tertiary/aromatic N) is 2. The smallest absolute Gasteiger partial charge is 0.280 e. The summed E-state index contributed by atoms with van der Waals surface area (Å²) in [6.07, 6.45) is 4.90. The molecule has 0 aromatic carbocycles. The molecule has 0 bridgehead atoms. The van der Waals surface area contributed by atoms with Crippen molar-refractivity contribution in [3.63, 3.8) is 0 Å². The zero-order chi connectivity index (χ0) is 6.69.